The second-order valence-corrected chi connectivity index (χ2v) is 1.94. The van der Waals surface area contributed by atoms with Gasteiger partial charge in [-0.15, -0.1) is 0 Å². The van der Waals surface area contributed by atoms with Gasteiger partial charge >= 0.3 is 0 Å². The van der Waals surface area contributed by atoms with Crippen molar-refractivity contribution in [1.82, 2.24) is 0 Å². The van der Waals surface area contributed by atoms with E-state index in [0.717, 1.165) is 11.7 Å². The first kappa shape index (κ1) is 10.3. The minimum absolute atomic E-state index is 0. The maximum Gasteiger partial charge on any atom is 0 e. The van der Waals surface area contributed by atoms with Crippen LogP contribution < -0.4 is 0 Å². The Kier molecular flexibility index (Phi) is 10.8. The summed E-state index contributed by atoms with van der Waals surface area (Å²) in [6.45, 7) is 4.29. The Hall–Kier alpha value is 1.27. The SMILES string of the molecule is CC(C)CS.[Pb]. The Labute approximate surface area is 65.3 Å². The zero-order valence-electron chi connectivity index (χ0n) is 4.23. The molecule has 0 nitrogen and oxygen atoms in total. The first-order valence-corrected chi connectivity index (χ1v) is 2.51. The average molecular weight is 297 g/mol. The molecule has 0 rings (SSSR count). The normalized spacial score (nSPS) is 8.00. The first-order valence-electron chi connectivity index (χ1n) is 1.88. The van der Waals surface area contributed by atoms with E-state index < -0.39 is 0 Å². The molecule has 0 aromatic rings. The van der Waals surface area contributed by atoms with Crippen molar-refractivity contribution in [2.45, 2.75) is 13.8 Å². The Morgan fingerprint density at radius 1 is 1.50 bits per heavy atom. The Bertz CT molecular complexity index is 21.5. The van der Waals surface area contributed by atoms with Gasteiger partial charge in [0, 0.05) is 27.3 Å². The van der Waals surface area contributed by atoms with E-state index in [1.807, 2.05) is 0 Å². The standard InChI is InChI=1S/C4H10S.Pb/c1-4(2)3-5;/h4-5H,3H2,1-2H3;. The van der Waals surface area contributed by atoms with Crippen LogP contribution >= 0.6 is 12.6 Å². The summed E-state index contributed by atoms with van der Waals surface area (Å²) in [5, 5.41) is 0. The van der Waals surface area contributed by atoms with Crippen LogP contribution in [0.25, 0.3) is 0 Å². The predicted molar refractivity (Wildman–Crippen MR) is 34.4 cm³/mol. The Morgan fingerprint density at radius 2 is 1.67 bits per heavy atom. The van der Waals surface area contributed by atoms with Crippen LogP contribution in [-0.4, -0.2) is 33.1 Å². The topological polar surface area (TPSA) is 0 Å². The van der Waals surface area contributed by atoms with Crippen molar-refractivity contribution in [2.75, 3.05) is 5.75 Å². The zero-order valence-corrected chi connectivity index (χ0v) is 9.01. The third kappa shape index (κ3) is 8.99. The van der Waals surface area contributed by atoms with Gasteiger partial charge in [0.15, 0.2) is 0 Å². The summed E-state index contributed by atoms with van der Waals surface area (Å²) in [6, 6.07) is 0. The van der Waals surface area contributed by atoms with Crippen LogP contribution in [-0.2, 0) is 0 Å². The van der Waals surface area contributed by atoms with Crippen molar-refractivity contribution in [2.24, 2.45) is 5.92 Å². The summed E-state index contributed by atoms with van der Waals surface area (Å²) in [5.41, 5.74) is 0. The maximum absolute atomic E-state index is 4.02. The summed E-state index contributed by atoms with van der Waals surface area (Å²) in [7, 11) is 0. The van der Waals surface area contributed by atoms with Crippen molar-refractivity contribution in [3.63, 3.8) is 0 Å². The van der Waals surface area contributed by atoms with Crippen LogP contribution in [0.4, 0.5) is 0 Å². The average Bonchev–Trinajstić information content (AvgIpc) is 1.38. The van der Waals surface area contributed by atoms with E-state index in [4.69, 9.17) is 0 Å². The molecule has 0 unspecified atom stereocenters. The van der Waals surface area contributed by atoms with Crippen molar-refractivity contribution in [3.05, 3.63) is 0 Å². The smallest absolute Gasteiger partial charge is 0 e. The largest absolute Gasteiger partial charge is 0.179 e. The third-order valence-corrected chi connectivity index (χ3v) is 1.10. The van der Waals surface area contributed by atoms with E-state index in [9.17, 15) is 0 Å². The number of hydrogen-bond acceptors (Lipinski definition) is 1. The predicted octanol–water partition coefficient (Wildman–Crippen LogP) is 1.19. The van der Waals surface area contributed by atoms with Gasteiger partial charge in [-0.05, 0) is 11.7 Å². The van der Waals surface area contributed by atoms with Crippen molar-refractivity contribution in [1.29, 1.82) is 0 Å². The van der Waals surface area contributed by atoms with Gasteiger partial charge in [-0.3, -0.25) is 0 Å². The molecule has 0 atom stereocenters. The molecule has 0 spiro atoms. The molecule has 0 amide bonds. The molecule has 0 aliphatic carbocycles. The Balaban J connectivity index is 0. The third-order valence-electron chi connectivity index (χ3n) is 0.365. The fourth-order valence-corrected chi connectivity index (χ4v) is 0. The molecule has 0 N–H and O–H groups in total. The number of hydrogen-bond donors (Lipinski definition) is 1. The molecule has 2 heteroatoms. The van der Waals surface area contributed by atoms with Crippen LogP contribution in [0.3, 0.4) is 0 Å². The Morgan fingerprint density at radius 3 is 1.67 bits per heavy atom. The summed E-state index contributed by atoms with van der Waals surface area (Å²) < 4.78 is 0. The fraction of sp³-hybridized carbons (Fsp3) is 1.00. The zero-order chi connectivity index (χ0) is 4.28. The van der Waals surface area contributed by atoms with Gasteiger partial charge in [0.2, 0.25) is 0 Å². The summed E-state index contributed by atoms with van der Waals surface area (Å²) in [4.78, 5) is 0. The number of thiol groups is 1. The molecular weight excluding hydrogens is 287 g/mol. The van der Waals surface area contributed by atoms with Crippen LogP contribution in [0.1, 0.15) is 13.8 Å². The van der Waals surface area contributed by atoms with Gasteiger partial charge in [0.1, 0.15) is 0 Å². The molecule has 0 aromatic carbocycles. The fourth-order valence-electron chi connectivity index (χ4n) is 0. The minimum Gasteiger partial charge on any atom is -0.179 e. The molecule has 36 valence electrons. The second-order valence-electron chi connectivity index (χ2n) is 1.58. The van der Waals surface area contributed by atoms with Crippen LogP contribution in [0, 0.1) is 5.92 Å². The number of rotatable bonds is 1. The minimum atomic E-state index is 0. The molecule has 0 saturated carbocycles. The van der Waals surface area contributed by atoms with Crippen molar-refractivity contribution < 1.29 is 0 Å². The van der Waals surface area contributed by atoms with Crippen molar-refractivity contribution >= 4 is 39.9 Å². The first-order chi connectivity index (χ1) is 2.27. The molecule has 0 heterocycles. The quantitative estimate of drug-likeness (QED) is 0.545. The summed E-state index contributed by atoms with van der Waals surface area (Å²) >= 11 is 4.02. The van der Waals surface area contributed by atoms with Crippen molar-refractivity contribution in [3.8, 4) is 0 Å². The van der Waals surface area contributed by atoms with Crippen LogP contribution in [0.15, 0.2) is 0 Å². The molecule has 0 fully saturated rings. The monoisotopic (exact) mass is 298 g/mol. The van der Waals surface area contributed by atoms with E-state index >= 15 is 0 Å². The van der Waals surface area contributed by atoms with E-state index in [-0.39, 0.29) is 27.3 Å². The molecule has 0 aliphatic rings. The molecule has 4 radical (unpaired) electrons. The molecule has 0 aliphatic heterocycles. The van der Waals surface area contributed by atoms with Gasteiger partial charge in [-0.25, -0.2) is 0 Å². The van der Waals surface area contributed by atoms with Gasteiger partial charge in [0.05, 0.1) is 0 Å². The molecule has 6 heavy (non-hydrogen) atoms. The van der Waals surface area contributed by atoms with E-state index in [1.54, 1.807) is 0 Å². The summed E-state index contributed by atoms with van der Waals surface area (Å²) in [6.07, 6.45) is 0. The van der Waals surface area contributed by atoms with Gasteiger partial charge in [-0.1, -0.05) is 13.8 Å². The van der Waals surface area contributed by atoms with E-state index in [2.05, 4.69) is 26.5 Å². The molecule has 0 bridgehead atoms. The van der Waals surface area contributed by atoms with Gasteiger partial charge in [-0.2, -0.15) is 12.6 Å². The molecule has 0 saturated heterocycles. The second kappa shape index (κ2) is 6.27. The van der Waals surface area contributed by atoms with Gasteiger partial charge in [0.25, 0.3) is 0 Å². The summed E-state index contributed by atoms with van der Waals surface area (Å²) in [5.74, 6) is 1.75. The van der Waals surface area contributed by atoms with E-state index in [1.165, 1.54) is 0 Å². The van der Waals surface area contributed by atoms with Crippen LogP contribution in [0.2, 0.25) is 0 Å². The molecular formula is C4H10PbS. The molecule has 0 aromatic heterocycles. The van der Waals surface area contributed by atoms with E-state index in [0.29, 0.717) is 0 Å². The maximum atomic E-state index is 4.02. The van der Waals surface area contributed by atoms with Crippen LogP contribution in [0.5, 0.6) is 0 Å². The van der Waals surface area contributed by atoms with Gasteiger partial charge < -0.3 is 0 Å².